The van der Waals surface area contributed by atoms with Crippen molar-refractivity contribution in [3.8, 4) is 0 Å². The van der Waals surface area contributed by atoms with E-state index in [2.05, 4.69) is 0 Å². The number of aliphatic hydroxyl groups is 1. The Kier molecular flexibility index (Phi) is 5.49. The Labute approximate surface area is 144 Å². The number of aliphatic hydroxyl groups excluding tert-OH is 1. The van der Waals surface area contributed by atoms with E-state index in [4.69, 9.17) is 11.6 Å². The zero-order valence-electron chi connectivity index (χ0n) is 12.4. The van der Waals surface area contributed by atoms with Gasteiger partial charge in [-0.1, -0.05) is 35.9 Å². The smallest absolute Gasteiger partial charge is 0.383 e. The van der Waals surface area contributed by atoms with E-state index in [1.54, 1.807) is 0 Å². The molecule has 0 saturated heterocycles. The van der Waals surface area contributed by atoms with E-state index in [-0.39, 0.29) is 10.6 Å². The molecule has 0 fully saturated rings. The molecule has 0 radical (unpaired) electrons. The molecule has 8 heteroatoms. The molecule has 0 aromatic heterocycles. The summed E-state index contributed by atoms with van der Waals surface area (Å²) in [5, 5.41) is 9.93. The SMILES string of the molecule is OC(/C(Cl)=C/c1ccc(C(F)(F)F)cc1)c1ccc(C(F)(F)F)cc1. The fraction of sp³-hybridized carbons (Fsp3) is 0.176. The van der Waals surface area contributed by atoms with Gasteiger partial charge in [0.15, 0.2) is 0 Å². The maximum absolute atomic E-state index is 12.5. The molecule has 0 saturated carbocycles. The molecule has 2 aromatic rings. The lowest BCUT2D eigenvalue weighted by molar-refractivity contribution is -0.138. The molecule has 25 heavy (non-hydrogen) atoms. The maximum atomic E-state index is 12.5. The second-order valence-corrected chi connectivity index (χ2v) is 5.61. The van der Waals surface area contributed by atoms with Gasteiger partial charge >= 0.3 is 12.4 Å². The van der Waals surface area contributed by atoms with E-state index in [1.807, 2.05) is 0 Å². The van der Waals surface area contributed by atoms with Gasteiger partial charge in [0, 0.05) is 0 Å². The first-order valence-corrected chi connectivity index (χ1v) is 7.26. The van der Waals surface area contributed by atoms with Crippen LogP contribution >= 0.6 is 11.6 Å². The first-order valence-electron chi connectivity index (χ1n) is 6.88. The predicted molar refractivity (Wildman–Crippen MR) is 81.7 cm³/mol. The van der Waals surface area contributed by atoms with Crippen LogP contribution in [0.2, 0.25) is 0 Å². The molecule has 2 rings (SSSR count). The van der Waals surface area contributed by atoms with Gasteiger partial charge in [0.05, 0.1) is 16.2 Å². The van der Waals surface area contributed by atoms with Gasteiger partial charge in [-0.2, -0.15) is 26.3 Å². The highest BCUT2D eigenvalue weighted by molar-refractivity contribution is 6.32. The van der Waals surface area contributed by atoms with Crippen molar-refractivity contribution >= 4 is 17.7 Å². The van der Waals surface area contributed by atoms with E-state index in [0.29, 0.717) is 5.56 Å². The number of alkyl halides is 6. The lowest BCUT2D eigenvalue weighted by Crippen LogP contribution is -2.05. The minimum absolute atomic E-state index is 0.126. The molecule has 0 spiro atoms. The summed E-state index contributed by atoms with van der Waals surface area (Å²) < 4.78 is 75.0. The molecule has 0 bridgehead atoms. The van der Waals surface area contributed by atoms with Crippen LogP contribution in [0, 0.1) is 0 Å². The quantitative estimate of drug-likeness (QED) is 0.644. The number of rotatable bonds is 3. The van der Waals surface area contributed by atoms with E-state index >= 15 is 0 Å². The topological polar surface area (TPSA) is 20.2 Å². The molecule has 2 aromatic carbocycles. The van der Waals surface area contributed by atoms with Crippen molar-refractivity contribution in [2.75, 3.05) is 0 Å². The van der Waals surface area contributed by atoms with Crippen molar-refractivity contribution in [2.45, 2.75) is 18.5 Å². The second kappa shape index (κ2) is 7.09. The summed E-state index contributed by atoms with van der Waals surface area (Å²) in [5.41, 5.74) is -1.26. The standard InChI is InChI=1S/C17H11ClF6O/c18-14(9-10-1-5-12(6-2-10)16(19,20)21)15(25)11-3-7-13(8-4-11)17(22,23)24/h1-9,15,25H/b14-9-. The number of halogens is 7. The van der Waals surface area contributed by atoms with Crippen LogP contribution in [0.4, 0.5) is 26.3 Å². The molecule has 134 valence electrons. The van der Waals surface area contributed by atoms with E-state index in [0.717, 1.165) is 36.4 Å². The van der Waals surface area contributed by atoms with Crippen molar-refractivity contribution in [1.29, 1.82) is 0 Å². The van der Waals surface area contributed by atoms with E-state index in [9.17, 15) is 31.4 Å². The highest BCUT2D eigenvalue weighted by atomic mass is 35.5. The Morgan fingerprint density at radius 2 is 1.20 bits per heavy atom. The minimum atomic E-state index is -4.50. The normalized spacial score (nSPS) is 14.5. The number of hydrogen-bond acceptors (Lipinski definition) is 1. The Bertz CT molecular complexity index is 745. The first-order chi connectivity index (χ1) is 11.5. The summed E-state index contributed by atoms with van der Waals surface area (Å²) in [6.07, 6.45) is -9.12. The molecule has 1 nitrogen and oxygen atoms in total. The van der Waals surface area contributed by atoms with Gasteiger partial charge in [-0.05, 0) is 41.5 Å². The predicted octanol–water partition coefficient (Wildman–Crippen LogP) is 6.04. The largest absolute Gasteiger partial charge is 0.416 e. The van der Waals surface area contributed by atoms with Gasteiger partial charge in [0.2, 0.25) is 0 Å². The molecular weight excluding hydrogens is 370 g/mol. The van der Waals surface area contributed by atoms with Crippen LogP contribution in [0.5, 0.6) is 0 Å². The molecule has 0 aliphatic carbocycles. The van der Waals surface area contributed by atoms with Crippen molar-refractivity contribution in [2.24, 2.45) is 0 Å². The molecule has 0 aliphatic heterocycles. The highest BCUT2D eigenvalue weighted by Crippen LogP contribution is 2.33. The number of benzene rings is 2. The monoisotopic (exact) mass is 380 g/mol. The Balaban J connectivity index is 2.18. The van der Waals surface area contributed by atoms with Crippen molar-refractivity contribution in [1.82, 2.24) is 0 Å². The fourth-order valence-corrected chi connectivity index (χ4v) is 2.27. The number of hydrogen-bond donors (Lipinski definition) is 1. The van der Waals surface area contributed by atoms with Gasteiger partial charge in [-0.3, -0.25) is 0 Å². The van der Waals surface area contributed by atoms with Crippen molar-refractivity contribution in [3.05, 3.63) is 75.8 Å². The summed E-state index contributed by atoms with van der Waals surface area (Å²) >= 11 is 5.93. The van der Waals surface area contributed by atoms with Crippen LogP contribution in [-0.2, 0) is 12.4 Å². The molecular formula is C17H11ClF6O. The van der Waals surface area contributed by atoms with Crippen LogP contribution in [-0.4, -0.2) is 5.11 Å². The molecule has 1 atom stereocenters. The van der Waals surface area contributed by atoms with Crippen molar-refractivity contribution < 1.29 is 31.4 Å². The maximum Gasteiger partial charge on any atom is 0.416 e. The fourth-order valence-electron chi connectivity index (χ4n) is 2.02. The Morgan fingerprint density at radius 3 is 1.60 bits per heavy atom. The summed E-state index contributed by atoms with van der Waals surface area (Å²) in [5.74, 6) is 0. The van der Waals surface area contributed by atoms with Gasteiger partial charge in [-0.15, -0.1) is 0 Å². The summed E-state index contributed by atoms with van der Waals surface area (Å²) in [7, 11) is 0. The molecule has 1 unspecified atom stereocenters. The third-order valence-corrected chi connectivity index (χ3v) is 3.67. The summed E-state index contributed by atoms with van der Waals surface area (Å²) in [6, 6.07) is 7.84. The van der Waals surface area contributed by atoms with Crippen LogP contribution in [0.1, 0.15) is 28.4 Å². The van der Waals surface area contributed by atoms with E-state index in [1.165, 1.54) is 18.2 Å². The Morgan fingerprint density at radius 1 is 0.800 bits per heavy atom. The van der Waals surface area contributed by atoms with Crippen LogP contribution in [0.15, 0.2) is 53.6 Å². The second-order valence-electron chi connectivity index (χ2n) is 5.17. The van der Waals surface area contributed by atoms with Gasteiger partial charge in [0.1, 0.15) is 6.10 Å². The van der Waals surface area contributed by atoms with E-state index < -0.39 is 29.6 Å². The summed E-state index contributed by atoms with van der Waals surface area (Å²) in [6.45, 7) is 0. The lowest BCUT2D eigenvalue weighted by Gasteiger charge is -2.12. The molecule has 0 heterocycles. The lowest BCUT2D eigenvalue weighted by atomic mass is 10.0. The zero-order valence-corrected chi connectivity index (χ0v) is 13.1. The van der Waals surface area contributed by atoms with Crippen LogP contribution in [0.25, 0.3) is 6.08 Å². The highest BCUT2D eigenvalue weighted by Gasteiger charge is 2.31. The summed E-state index contributed by atoms with van der Waals surface area (Å²) in [4.78, 5) is 0. The van der Waals surface area contributed by atoms with Gasteiger partial charge in [-0.25, -0.2) is 0 Å². The van der Waals surface area contributed by atoms with Gasteiger partial charge < -0.3 is 5.11 Å². The van der Waals surface area contributed by atoms with Crippen LogP contribution < -0.4 is 0 Å². The zero-order chi connectivity index (χ0) is 18.8. The third kappa shape index (κ3) is 4.99. The average Bonchev–Trinajstić information content (AvgIpc) is 2.53. The van der Waals surface area contributed by atoms with Gasteiger partial charge in [0.25, 0.3) is 0 Å². The molecule has 1 N–H and O–H groups in total. The Hall–Kier alpha value is -1.99. The third-order valence-electron chi connectivity index (χ3n) is 3.36. The average molecular weight is 381 g/mol. The van der Waals surface area contributed by atoms with Crippen LogP contribution in [0.3, 0.4) is 0 Å². The first kappa shape index (κ1) is 19.3. The molecule has 0 amide bonds. The molecule has 0 aliphatic rings. The minimum Gasteiger partial charge on any atom is -0.383 e. The van der Waals surface area contributed by atoms with Crippen molar-refractivity contribution in [3.63, 3.8) is 0 Å².